The molecule has 0 unspecified atom stereocenters. The van der Waals surface area contributed by atoms with E-state index in [2.05, 4.69) is 15.0 Å². The summed E-state index contributed by atoms with van der Waals surface area (Å²) in [5.41, 5.74) is 1.09. The van der Waals surface area contributed by atoms with Crippen molar-refractivity contribution < 1.29 is 27.8 Å². The van der Waals surface area contributed by atoms with Gasteiger partial charge in [-0.1, -0.05) is 11.6 Å². The van der Waals surface area contributed by atoms with Gasteiger partial charge in [-0.15, -0.1) is 11.8 Å². The number of aromatic nitrogens is 1. The number of benzene rings is 1. The maximum Gasteiger partial charge on any atom is 0.387 e. The zero-order valence-corrected chi connectivity index (χ0v) is 17.7. The number of anilines is 1. The number of halogens is 3. The summed E-state index contributed by atoms with van der Waals surface area (Å²) in [4.78, 5) is 29.1. The highest BCUT2D eigenvalue weighted by molar-refractivity contribution is 7.98. The molecule has 0 radical (unpaired) electrons. The zero-order chi connectivity index (χ0) is 22.5. The first kappa shape index (κ1) is 22.8. The Kier molecular flexibility index (Phi) is 7.30. The predicted octanol–water partition coefficient (Wildman–Crippen LogP) is 4.60. The molecule has 0 aliphatic heterocycles. The number of hydrogen-bond acceptors (Lipinski definition) is 7. The lowest BCUT2D eigenvalue weighted by molar-refractivity contribution is -0.119. The predicted molar refractivity (Wildman–Crippen MR) is 110 cm³/mol. The van der Waals surface area contributed by atoms with Crippen molar-refractivity contribution in [2.24, 2.45) is 0 Å². The van der Waals surface area contributed by atoms with Gasteiger partial charge in [-0.3, -0.25) is 4.79 Å². The molecule has 11 heteroatoms. The standard InChI is InChI=1S/C20H16ClF2N3O4S/c1-31-18-13(8-24)12(7-15(26-18)10-2-3-10)19(28)29-9-17(27)25-11-4-5-16(14(21)6-11)30-20(22)23/h4-7,10,20H,2-3,9H2,1H3,(H,25,27). The van der Waals surface area contributed by atoms with E-state index in [1.807, 2.05) is 6.07 Å². The average molecular weight is 468 g/mol. The highest BCUT2D eigenvalue weighted by atomic mass is 35.5. The van der Waals surface area contributed by atoms with Gasteiger partial charge in [-0.25, -0.2) is 9.78 Å². The van der Waals surface area contributed by atoms with Crippen molar-refractivity contribution >= 4 is 40.9 Å². The van der Waals surface area contributed by atoms with Gasteiger partial charge in [0.15, 0.2) is 6.61 Å². The van der Waals surface area contributed by atoms with Crippen LogP contribution in [0.1, 0.15) is 40.4 Å². The number of pyridine rings is 1. The normalized spacial score (nSPS) is 12.9. The number of nitrogens with one attached hydrogen (secondary N) is 1. The van der Waals surface area contributed by atoms with Crippen LogP contribution in [-0.2, 0) is 9.53 Å². The van der Waals surface area contributed by atoms with Crippen molar-refractivity contribution in [3.63, 3.8) is 0 Å². The second kappa shape index (κ2) is 9.94. The smallest absolute Gasteiger partial charge is 0.387 e. The molecule has 0 saturated heterocycles. The summed E-state index contributed by atoms with van der Waals surface area (Å²) in [6, 6.07) is 7.22. The Labute approximate surface area is 185 Å². The van der Waals surface area contributed by atoms with E-state index in [1.54, 1.807) is 6.26 Å². The summed E-state index contributed by atoms with van der Waals surface area (Å²) >= 11 is 7.09. The van der Waals surface area contributed by atoms with Crippen molar-refractivity contribution in [1.82, 2.24) is 4.98 Å². The topological polar surface area (TPSA) is 101 Å². The molecule has 1 N–H and O–H groups in total. The number of amides is 1. The van der Waals surface area contributed by atoms with Crippen LogP contribution < -0.4 is 10.1 Å². The van der Waals surface area contributed by atoms with E-state index in [-0.39, 0.29) is 33.5 Å². The molecule has 1 aliphatic rings. The highest BCUT2D eigenvalue weighted by Crippen LogP contribution is 2.40. The Morgan fingerprint density at radius 2 is 2.13 bits per heavy atom. The van der Waals surface area contributed by atoms with E-state index >= 15 is 0 Å². The summed E-state index contributed by atoms with van der Waals surface area (Å²) < 4.78 is 33.8. The lowest BCUT2D eigenvalue weighted by atomic mass is 10.1. The molecular formula is C20H16ClF2N3O4S. The largest absolute Gasteiger partial charge is 0.452 e. The van der Waals surface area contributed by atoms with Crippen molar-refractivity contribution in [2.75, 3.05) is 18.2 Å². The number of thioether (sulfide) groups is 1. The molecule has 1 heterocycles. The minimum absolute atomic E-state index is 0.0631. The van der Waals surface area contributed by atoms with Crippen molar-refractivity contribution in [2.45, 2.75) is 30.4 Å². The van der Waals surface area contributed by atoms with Crippen LogP contribution in [0, 0.1) is 11.3 Å². The van der Waals surface area contributed by atoms with Gasteiger partial charge in [0.1, 0.15) is 16.8 Å². The van der Waals surface area contributed by atoms with E-state index in [4.69, 9.17) is 16.3 Å². The minimum Gasteiger partial charge on any atom is -0.452 e. The molecule has 0 atom stereocenters. The molecule has 1 aromatic heterocycles. The second-order valence-electron chi connectivity index (χ2n) is 6.51. The number of ether oxygens (including phenoxy) is 2. The van der Waals surface area contributed by atoms with E-state index in [9.17, 15) is 23.6 Å². The van der Waals surface area contributed by atoms with Crippen molar-refractivity contribution in [1.29, 1.82) is 5.26 Å². The molecule has 1 amide bonds. The number of nitriles is 1. The molecule has 7 nitrogen and oxygen atoms in total. The third kappa shape index (κ3) is 5.83. The second-order valence-corrected chi connectivity index (χ2v) is 7.72. The Morgan fingerprint density at radius 3 is 2.71 bits per heavy atom. The van der Waals surface area contributed by atoms with E-state index in [0.29, 0.717) is 5.03 Å². The van der Waals surface area contributed by atoms with Gasteiger partial charge in [0, 0.05) is 17.3 Å². The van der Waals surface area contributed by atoms with Gasteiger partial charge in [0.05, 0.1) is 16.1 Å². The number of rotatable bonds is 8. The fourth-order valence-corrected chi connectivity index (χ4v) is 3.50. The first-order chi connectivity index (χ1) is 14.8. The number of hydrogen-bond donors (Lipinski definition) is 1. The van der Waals surface area contributed by atoms with Gasteiger partial charge >= 0.3 is 12.6 Å². The summed E-state index contributed by atoms with van der Waals surface area (Å²) in [6.45, 7) is -3.65. The van der Waals surface area contributed by atoms with E-state index in [1.165, 1.54) is 36.0 Å². The first-order valence-corrected chi connectivity index (χ1v) is 10.6. The Morgan fingerprint density at radius 1 is 1.39 bits per heavy atom. The van der Waals surface area contributed by atoms with Crippen LogP contribution in [-0.4, -0.2) is 36.3 Å². The summed E-state index contributed by atoms with van der Waals surface area (Å²) in [5.74, 6) is -1.47. The minimum atomic E-state index is -3.03. The number of carbonyl (C=O) groups excluding carboxylic acids is 2. The summed E-state index contributed by atoms with van der Waals surface area (Å²) in [7, 11) is 0. The van der Waals surface area contributed by atoms with E-state index in [0.717, 1.165) is 18.5 Å². The average Bonchev–Trinajstić information content (AvgIpc) is 3.58. The third-order valence-corrected chi connectivity index (χ3v) is 5.27. The first-order valence-electron chi connectivity index (χ1n) is 9.02. The SMILES string of the molecule is CSc1nc(C2CC2)cc(C(=O)OCC(=O)Nc2ccc(OC(F)F)c(Cl)c2)c1C#N. The van der Waals surface area contributed by atoms with Gasteiger partial charge < -0.3 is 14.8 Å². The maximum atomic E-state index is 12.5. The molecular weight excluding hydrogens is 452 g/mol. The third-order valence-electron chi connectivity index (χ3n) is 4.29. The molecule has 162 valence electrons. The molecule has 2 aromatic rings. The zero-order valence-electron chi connectivity index (χ0n) is 16.2. The van der Waals surface area contributed by atoms with Gasteiger partial charge in [-0.05, 0) is 43.4 Å². The van der Waals surface area contributed by atoms with Crippen molar-refractivity contribution in [3.05, 3.63) is 46.1 Å². The molecule has 31 heavy (non-hydrogen) atoms. The lowest BCUT2D eigenvalue weighted by Gasteiger charge is -2.11. The number of alkyl halides is 2. The van der Waals surface area contributed by atoms with Crippen LogP contribution in [0.4, 0.5) is 14.5 Å². The van der Waals surface area contributed by atoms with Crippen molar-refractivity contribution in [3.8, 4) is 11.8 Å². The molecule has 1 aliphatic carbocycles. The fourth-order valence-electron chi connectivity index (χ4n) is 2.72. The monoisotopic (exact) mass is 467 g/mol. The van der Waals surface area contributed by atoms with E-state index < -0.39 is 25.1 Å². The maximum absolute atomic E-state index is 12.5. The summed E-state index contributed by atoms with van der Waals surface area (Å²) in [5, 5.41) is 12.2. The number of esters is 1. The van der Waals surface area contributed by atoms with Crippen LogP contribution in [0.15, 0.2) is 29.3 Å². The molecule has 3 rings (SSSR count). The molecule has 1 fully saturated rings. The van der Waals surface area contributed by atoms with Crippen LogP contribution in [0.5, 0.6) is 5.75 Å². The number of nitrogens with zero attached hydrogens (tertiary/aromatic N) is 2. The van der Waals surface area contributed by atoms with Gasteiger partial charge in [0.25, 0.3) is 5.91 Å². The molecule has 0 bridgehead atoms. The van der Waals surface area contributed by atoms with Crippen LogP contribution >= 0.6 is 23.4 Å². The Balaban J connectivity index is 1.66. The summed E-state index contributed by atoms with van der Waals surface area (Å²) in [6.07, 6.45) is 3.69. The molecule has 1 aromatic carbocycles. The molecule has 1 saturated carbocycles. The van der Waals surface area contributed by atoms with Crippen LogP contribution in [0.3, 0.4) is 0 Å². The quantitative estimate of drug-likeness (QED) is 0.447. The Hall–Kier alpha value is -2.90. The van der Waals surface area contributed by atoms with Gasteiger partial charge in [-0.2, -0.15) is 14.0 Å². The fraction of sp³-hybridized carbons (Fsp3) is 0.300. The van der Waals surface area contributed by atoms with Gasteiger partial charge in [0.2, 0.25) is 0 Å². The number of carbonyl (C=O) groups is 2. The molecule has 0 spiro atoms. The van der Waals surface area contributed by atoms with Crippen LogP contribution in [0.25, 0.3) is 0 Å². The Bertz CT molecular complexity index is 1060. The highest BCUT2D eigenvalue weighted by Gasteiger charge is 2.29. The van der Waals surface area contributed by atoms with Crippen LogP contribution in [0.2, 0.25) is 5.02 Å². The lowest BCUT2D eigenvalue weighted by Crippen LogP contribution is -2.21.